The number of rotatable bonds is 7. The summed E-state index contributed by atoms with van der Waals surface area (Å²) >= 11 is 3.30. The molecule has 0 fully saturated rings. The molecule has 1 N–H and O–H groups in total. The maximum Gasteiger partial charge on any atom is 0.261 e. The van der Waals surface area contributed by atoms with Crippen molar-refractivity contribution in [1.29, 1.82) is 0 Å². The van der Waals surface area contributed by atoms with Crippen molar-refractivity contribution in [2.45, 2.75) is 11.3 Å². The zero-order valence-electron chi connectivity index (χ0n) is 13.9. The third kappa shape index (κ3) is 5.09. The molecule has 4 nitrogen and oxygen atoms in total. The molecule has 0 atom stereocenters. The highest BCUT2D eigenvalue weighted by Gasteiger charge is 2.14. The van der Waals surface area contributed by atoms with E-state index in [1.165, 1.54) is 5.56 Å². The van der Waals surface area contributed by atoms with E-state index in [9.17, 15) is 8.42 Å². The van der Waals surface area contributed by atoms with Gasteiger partial charge in [-0.2, -0.15) is 0 Å². The van der Waals surface area contributed by atoms with Crippen LogP contribution in [0.4, 0.5) is 5.69 Å². The van der Waals surface area contributed by atoms with Crippen LogP contribution in [0.2, 0.25) is 0 Å². The van der Waals surface area contributed by atoms with Gasteiger partial charge in [-0.1, -0.05) is 52.3 Å². The second-order valence-electron chi connectivity index (χ2n) is 5.67. The highest BCUT2D eigenvalue weighted by Crippen LogP contribution is 2.22. The number of anilines is 1. The summed E-state index contributed by atoms with van der Waals surface area (Å²) < 4.78 is 34.1. The molecule has 0 saturated heterocycles. The van der Waals surface area contributed by atoms with Crippen LogP contribution >= 0.6 is 15.9 Å². The minimum absolute atomic E-state index is 0.205. The van der Waals surface area contributed by atoms with Gasteiger partial charge >= 0.3 is 0 Å². The quantitative estimate of drug-likeness (QED) is 0.580. The van der Waals surface area contributed by atoms with Crippen molar-refractivity contribution >= 4 is 31.6 Å². The van der Waals surface area contributed by atoms with Gasteiger partial charge in [0.05, 0.1) is 17.2 Å². The second kappa shape index (κ2) is 8.38. The molecule has 0 heterocycles. The summed E-state index contributed by atoms with van der Waals surface area (Å²) in [6.45, 7) is 0.521. The van der Waals surface area contributed by atoms with Crippen molar-refractivity contribution in [3.05, 3.63) is 88.9 Å². The molecule has 3 rings (SSSR count). The lowest BCUT2D eigenvalue weighted by atomic mass is 10.2. The lowest BCUT2D eigenvalue weighted by Crippen LogP contribution is -2.13. The third-order valence-corrected chi connectivity index (χ3v) is 5.64. The van der Waals surface area contributed by atoms with Gasteiger partial charge in [0.2, 0.25) is 0 Å². The van der Waals surface area contributed by atoms with Crippen LogP contribution in [-0.4, -0.2) is 15.0 Å². The number of halogens is 1. The van der Waals surface area contributed by atoms with Crippen LogP contribution in [0.25, 0.3) is 0 Å². The Balaban J connectivity index is 1.64. The fraction of sp³-hybridized carbons (Fsp3) is 0.100. The van der Waals surface area contributed by atoms with Gasteiger partial charge in [0.1, 0.15) is 5.75 Å². The van der Waals surface area contributed by atoms with Gasteiger partial charge in [0.15, 0.2) is 0 Å². The molecule has 3 aromatic rings. The topological polar surface area (TPSA) is 55.4 Å². The number of hydrogen-bond acceptors (Lipinski definition) is 3. The Morgan fingerprint density at radius 2 is 1.62 bits per heavy atom. The second-order valence-corrected chi connectivity index (χ2v) is 8.27. The van der Waals surface area contributed by atoms with E-state index in [0.29, 0.717) is 18.0 Å². The fourth-order valence-electron chi connectivity index (χ4n) is 2.41. The van der Waals surface area contributed by atoms with Crippen molar-refractivity contribution < 1.29 is 13.2 Å². The molecule has 0 saturated carbocycles. The first-order chi connectivity index (χ1) is 12.5. The van der Waals surface area contributed by atoms with E-state index in [2.05, 4.69) is 20.7 Å². The van der Waals surface area contributed by atoms with E-state index in [1.54, 1.807) is 42.5 Å². The maximum atomic E-state index is 12.5. The predicted octanol–water partition coefficient (Wildman–Crippen LogP) is 4.87. The summed E-state index contributed by atoms with van der Waals surface area (Å²) in [5.41, 5.74) is 1.66. The first-order valence-corrected chi connectivity index (χ1v) is 10.4. The largest absolute Gasteiger partial charge is 0.493 e. The van der Waals surface area contributed by atoms with E-state index in [0.717, 1.165) is 10.9 Å². The van der Waals surface area contributed by atoms with E-state index < -0.39 is 10.0 Å². The Labute approximate surface area is 162 Å². The minimum Gasteiger partial charge on any atom is -0.493 e. The molecule has 0 aliphatic carbocycles. The fourth-order valence-corrected chi connectivity index (χ4v) is 3.72. The minimum atomic E-state index is -3.64. The van der Waals surface area contributed by atoms with Crippen LogP contribution in [0.1, 0.15) is 5.56 Å². The summed E-state index contributed by atoms with van der Waals surface area (Å²) in [7, 11) is -3.64. The Morgan fingerprint density at radius 3 is 2.35 bits per heavy atom. The van der Waals surface area contributed by atoms with Crippen LogP contribution in [0, 0.1) is 0 Å². The van der Waals surface area contributed by atoms with E-state index >= 15 is 0 Å². The van der Waals surface area contributed by atoms with Crippen molar-refractivity contribution in [3.8, 4) is 5.75 Å². The molecule has 0 spiro atoms. The Hall–Kier alpha value is -2.31. The first-order valence-electron chi connectivity index (χ1n) is 8.08. The molecule has 0 bridgehead atoms. The predicted molar refractivity (Wildman–Crippen MR) is 107 cm³/mol. The molecule has 6 heteroatoms. The normalized spacial score (nSPS) is 11.1. The lowest BCUT2D eigenvalue weighted by molar-refractivity contribution is 0.322. The SMILES string of the molecule is O=S(=O)(Nc1cccc(OCCc2ccccc2)c1)c1ccc(Br)cc1. The van der Waals surface area contributed by atoms with Gasteiger partial charge in [-0.3, -0.25) is 4.72 Å². The standard InChI is InChI=1S/C20H18BrNO3S/c21-17-9-11-20(12-10-17)26(23,24)22-18-7-4-8-19(15-18)25-14-13-16-5-2-1-3-6-16/h1-12,15,22H,13-14H2. The first kappa shape index (κ1) is 18.5. The third-order valence-electron chi connectivity index (χ3n) is 3.71. The summed E-state index contributed by atoms with van der Waals surface area (Å²) in [5, 5.41) is 0. The molecule has 26 heavy (non-hydrogen) atoms. The number of ether oxygens (including phenoxy) is 1. The molecule has 0 unspecified atom stereocenters. The van der Waals surface area contributed by atoms with Gasteiger partial charge in [0, 0.05) is 17.0 Å². The van der Waals surface area contributed by atoms with Crippen molar-refractivity contribution in [2.24, 2.45) is 0 Å². The van der Waals surface area contributed by atoms with E-state index in [1.807, 2.05) is 36.4 Å². The van der Waals surface area contributed by atoms with Gasteiger partial charge in [-0.05, 0) is 42.0 Å². The average molecular weight is 432 g/mol. The van der Waals surface area contributed by atoms with Crippen LogP contribution < -0.4 is 9.46 Å². The molecule has 0 aliphatic rings. The molecular weight excluding hydrogens is 414 g/mol. The zero-order valence-corrected chi connectivity index (χ0v) is 16.3. The van der Waals surface area contributed by atoms with Gasteiger partial charge in [-0.25, -0.2) is 8.42 Å². The zero-order chi connectivity index (χ0) is 18.4. The number of sulfonamides is 1. The van der Waals surface area contributed by atoms with Crippen LogP contribution in [0.15, 0.2) is 88.2 Å². The van der Waals surface area contributed by atoms with E-state index in [-0.39, 0.29) is 4.90 Å². The molecule has 0 amide bonds. The molecule has 0 aliphatic heterocycles. The maximum absolute atomic E-state index is 12.5. The summed E-state index contributed by atoms with van der Waals surface area (Å²) in [5.74, 6) is 0.622. The Kier molecular flexibility index (Phi) is 5.96. The molecule has 3 aromatic carbocycles. The number of hydrogen-bond donors (Lipinski definition) is 1. The van der Waals surface area contributed by atoms with Crippen molar-refractivity contribution in [3.63, 3.8) is 0 Å². The van der Waals surface area contributed by atoms with Crippen LogP contribution in [-0.2, 0) is 16.4 Å². The average Bonchev–Trinajstić information content (AvgIpc) is 2.63. The number of nitrogens with one attached hydrogen (secondary N) is 1. The summed E-state index contributed by atoms with van der Waals surface area (Å²) in [6.07, 6.45) is 0.787. The van der Waals surface area contributed by atoms with Gasteiger partial charge in [-0.15, -0.1) is 0 Å². The monoisotopic (exact) mass is 431 g/mol. The molecular formula is C20H18BrNO3S. The highest BCUT2D eigenvalue weighted by atomic mass is 79.9. The highest BCUT2D eigenvalue weighted by molar-refractivity contribution is 9.10. The molecule has 134 valence electrons. The summed E-state index contributed by atoms with van der Waals surface area (Å²) in [4.78, 5) is 0.205. The van der Waals surface area contributed by atoms with Crippen LogP contribution in [0.5, 0.6) is 5.75 Å². The molecule has 0 aromatic heterocycles. The van der Waals surface area contributed by atoms with Gasteiger partial charge < -0.3 is 4.74 Å². The molecule has 0 radical (unpaired) electrons. The smallest absolute Gasteiger partial charge is 0.261 e. The summed E-state index contributed by atoms with van der Waals surface area (Å²) in [6, 6.07) is 23.5. The van der Waals surface area contributed by atoms with Crippen LogP contribution in [0.3, 0.4) is 0 Å². The van der Waals surface area contributed by atoms with E-state index in [4.69, 9.17) is 4.74 Å². The van der Waals surface area contributed by atoms with Crippen molar-refractivity contribution in [1.82, 2.24) is 0 Å². The Bertz CT molecular complexity index is 958. The lowest BCUT2D eigenvalue weighted by Gasteiger charge is -2.11. The van der Waals surface area contributed by atoms with Gasteiger partial charge in [0.25, 0.3) is 10.0 Å². The van der Waals surface area contributed by atoms with Crippen molar-refractivity contribution in [2.75, 3.05) is 11.3 Å². The number of benzene rings is 3. The Morgan fingerprint density at radius 1 is 0.885 bits per heavy atom.